The van der Waals surface area contributed by atoms with Gasteiger partial charge in [-0.3, -0.25) is 4.79 Å². The van der Waals surface area contributed by atoms with Crippen molar-refractivity contribution in [3.05, 3.63) is 0 Å². The fourth-order valence-electron chi connectivity index (χ4n) is 1.42. The third-order valence-corrected chi connectivity index (χ3v) is 2.69. The van der Waals surface area contributed by atoms with E-state index in [1.807, 2.05) is 0 Å². The molecule has 1 aliphatic carbocycles. The number of hydrogen-bond donors (Lipinski definition) is 9. The van der Waals surface area contributed by atoms with Crippen LogP contribution in [0.15, 0.2) is 0 Å². The minimum atomic E-state index is -4.40. The lowest BCUT2D eigenvalue weighted by Gasteiger charge is -2.34. The quantitative estimate of drug-likeness (QED) is 0.157. The van der Waals surface area contributed by atoms with Gasteiger partial charge in [-0.25, -0.2) is 0 Å². The Kier molecular flexibility index (Phi) is 2.31. The first kappa shape index (κ1) is 13.4. The summed E-state index contributed by atoms with van der Waals surface area (Å²) in [6.07, 6.45) is -0.887. The Bertz CT molecular complexity index is 302. The van der Waals surface area contributed by atoms with Crippen LogP contribution in [0, 0.1) is 0 Å². The Hall–Kier alpha value is -0.690. The van der Waals surface area contributed by atoms with Crippen molar-refractivity contribution in [2.45, 2.75) is 28.7 Å². The van der Waals surface area contributed by atoms with Gasteiger partial charge in [-0.05, 0) is 0 Å². The minimum Gasteiger partial charge on any atom is -0.373 e. The summed E-state index contributed by atoms with van der Waals surface area (Å²) in [5.41, 5.74) is -4.06. The average Bonchev–Trinajstić information content (AvgIpc) is 2.18. The molecule has 94 valence electrons. The summed E-state index contributed by atoms with van der Waals surface area (Å²) in [5, 5.41) is 81.3. The lowest BCUT2D eigenvalue weighted by Crippen LogP contribution is -2.67. The van der Waals surface area contributed by atoms with Crippen molar-refractivity contribution in [1.82, 2.24) is 0 Å². The topological polar surface area (TPSA) is 199 Å². The van der Waals surface area contributed by atoms with E-state index < -0.39 is 35.0 Å². The highest BCUT2D eigenvalue weighted by molar-refractivity contribution is 5.69. The molecule has 9 N–H and O–H groups in total. The maximum Gasteiger partial charge on any atom is 0.283 e. The molecule has 0 bridgehead atoms. The fourth-order valence-corrected chi connectivity index (χ4v) is 1.42. The summed E-state index contributed by atoms with van der Waals surface area (Å²) < 4.78 is 0. The molecule has 0 radical (unpaired) electrons. The summed E-state index contributed by atoms with van der Waals surface area (Å²) in [5.74, 6) is -17.5. The van der Waals surface area contributed by atoms with Gasteiger partial charge in [0.1, 0.15) is 0 Å². The van der Waals surface area contributed by atoms with E-state index in [0.717, 1.165) is 0 Å². The van der Waals surface area contributed by atoms with Crippen molar-refractivity contribution in [1.29, 1.82) is 0 Å². The Balaban J connectivity index is 3.65. The first-order valence-corrected chi connectivity index (χ1v) is 3.79. The van der Waals surface area contributed by atoms with Gasteiger partial charge >= 0.3 is 0 Å². The van der Waals surface area contributed by atoms with Crippen LogP contribution in [-0.2, 0) is 4.79 Å². The van der Waals surface area contributed by atoms with E-state index in [9.17, 15) is 9.90 Å². The number of aldehydes is 1. The van der Waals surface area contributed by atoms with Crippen LogP contribution in [0.25, 0.3) is 0 Å². The normalized spacial score (nSPS) is 32.3. The predicted molar refractivity (Wildman–Crippen MR) is 39.7 cm³/mol. The zero-order chi connectivity index (χ0) is 13.2. The number of aliphatic hydroxyl groups is 9. The second-order valence-corrected chi connectivity index (χ2v) is 3.57. The van der Waals surface area contributed by atoms with Gasteiger partial charge in [0.15, 0.2) is 6.29 Å². The molecule has 0 aromatic heterocycles. The van der Waals surface area contributed by atoms with Gasteiger partial charge < -0.3 is 46.0 Å². The highest BCUT2D eigenvalue weighted by Gasteiger charge is 2.91. The third kappa shape index (κ3) is 0.901. The zero-order valence-electron chi connectivity index (χ0n) is 7.51. The molecule has 1 rings (SSSR count). The van der Waals surface area contributed by atoms with E-state index in [2.05, 4.69) is 0 Å². The highest BCUT2D eigenvalue weighted by Crippen LogP contribution is 2.52. The summed E-state index contributed by atoms with van der Waals surface area (Å²) in [4.78, 5) is 10.4. The van der Waals surface area contributed by atoms with Gasteiger partial charge in [0.2, 0.25) is 5.60 Å². The predicted octanol–water partition coefficient (Wildman–Crippen LogP) is -6.35. The average molecular weight is 242 g/mol. The Morgan fingerprint density at radius 3 is 0.938 bits per heavy atom. The van der Waals surface area contributed by atoms with Crippen molar-refractivity contribution in [2.24, 2.45) is 0 Å². The molecule has 0 aromatic carbocycles. The smallest absolute Gasteiger partial charge is 0.283 e. The van der Waals surface area contributed by atoms with Gasteiger partial charge in [-0.15, -0.1) is 0 Å². The molecule has 10 heteroatoms. The Morgan fingerprint density at radius 1 is 0.562 bits per heavy atom. The molecule has 0 aliphatic heterocycles. The minimum absolute atomic E-state index is 0.887. The Labute approximate surface area is 86.9 Å². The van der Waals surface area contributed by atoms with Crippen LogP contribution < -0.4 is 0 Å². The van der Waals surface area contributed by atoms with Crippen LogP contribution in [-0.4, -0.2) is 81.0 Å². The molecule has 0 amide bonds. The molecule has 1 fully saturated rings. The first-order valence-electron chi connectivity index (χ1n) is 3.79. The van der Waals surface area contributed by atoms with Gasteiger partial charge in [0.25, 0.3) is 23.1 Å². The maximum atomic E-state index is 10.4. The SMILES string of the molecule is O=CC1(O)C(O)(O)C(O)(O)C(O)(O)C1(O)O. The summed E-state index contributed by atoms with van der Waals surface area (Å²) in [7, 11) is 0. The van der Waals surface area contributed by atoms with Gasteiger partial charge in [-0.1, -0.05) is 0 Å². The second kappa shape index (κ2) is 2.76. The van der Waals surface area contributed by atoms with E-state index in [1.165, 1.54) is 0 Å². The van der Waals surface area contributed by atoms with Gasteiger partial charge in [0.05, 0.1) is 0 Å². The molecular weight excluding hydrogens is 232 g/mol. The van der Waals surface area contributed by atoms with E-state index in [-0.39, 0.29) is 0 Å². The van der Waals surface area contributed by atoms with E-state index in [0.29, 0.717) is 0 Å². The fraction of sp³-hybridized carbons (Fsp3) is 0.833. The molecule has 10 nitrogen and oxygen atoms in total. The lowest BCUT2D eigenvalue weighted by atomic mass is 9.92. The lowest BCUT2D eigenvalue weighted by molar-refractivity contribution is -0.452. The van der Waals surface area contributed by atoms with Crippen LogP contribution in [0.5, 0.6) is 0 Å². The molecule has 0 saturated heterocycles. The van der Waals surface area contributed by atoms with Crippen LogP contribution in [0.2, 0.25) is 0 Å². The van der Waals surface area contributed by atoms with Crippen molar-refractivity contribution in [2.75, 3.05) is 0 Å². The third-order valence-electron chi connectivity index (χ3n) is 2.69. The molecule has 0 atom stereocenters. The number of hydrogen-bond acceptors (Lipinski definition) is 10. The summed E-state index contributed by atoms with van der Waals surface area (Å²) in [6, 6.07) is 0. The molecule has 1 aliphatic rings. The largest absolute Gasteiger partial charge is 0.373 e. The van der Waals surface area contributed by atoms with Crippen LogP contribution in [0.3, 0.4) is 0 Å². The molecule has 0 heterocycles. The summed E-state index contributed by atoms with van der Waals surface area (Å²) in [6.45, 7) is 0. The standard InChI is InChI=1S/C6H10O10/c7-1-2(8)3(9,10)5(13,14)6(15,16)4(2,11)12/h1,8-16H. The highest BCUT2D eigenvalue weighted by atomic mass is 16.7. The maximum absolute atomic E-state index is 10.4. The van der Waals surface area contributed by atoms with Crippen molar-refractivity contribution in [3.8, 4) is 0 Å². The molecule has 16 heavy (non-hydrogen) atoms. The zero-order valence-corrected chi connectivity index (χ0v) is 7.51. The van der Waals surface area contributed by atoms with Crippen molar-refractivity contribution < 1.29 is 50.8 Å². The van der Waals surface area contributed by atoms with Crippen molar-refractivity contribution >= 4 is 6.29 Å². The molecule has 0 unspecified atom stereocenters. The monoisotopic (exact) mass is 242 g/mol. The number of carbonyl (C=O) groups excluding carboxylic acids is 1. The van der Waals surface area contributed by atoms with E-state index in [1.54, 1.807) is 0 Å². The number of carbonyl (C=O) groups is 1. The Morgan fingerprint density at radius 2 is 0.812 bits per heavy atom. The van der Waals surface area contributed by atoms with Crippen LogP contribution in [0.1, 0.15) is 0 Å². The van der Waals surface area contributed by atoms with Crippen molar-refractivity contribution in [3.63, 3.8) is 0 Å². The molecular formula is C6H10O10. The second-order valence-electron chi connectivity index (χ2n) is 3.57. The summed E-state index contributed by atoms with van der Waals surface area (Å²) >= 11 is 0. The molecule has 1 saturated carbocycles. The molecule has 0 aromatic rings. The molecule has 0 spiro atoms. The van der Waals surface area contributed by atoms with Gasteiger partial charge in [-0.2, -0.15) is 0 Å². The van der Waals surface area contributed by atoms with Crippen LogP contribution >= 0.6 is 0 Å². The number of rotatable bonds is 1. The van der Waals surface area contributed by atoms with E-state index >= 15 is 0 Å². The van der Waals surface area contributed by atoms with E-state index in [4.69, 9.17) is 40.9 Å². The first-order chi connectivity index (χ1) is 6.81. The van der Waals surface area contributed by atoms with Crippen LogP contribution in [0.4, 0.5) is 0 Å². The van der Waals surface area contributed by atoms with Gasteiger partial charge in [0, 0.05) is 0 Å².